The fraction of sp³-hybridized carbons (Fsp3) is 0.500. The first-order valence-electron chi connectivity index (χ1n) is 7.42. The zero-order valence-corrected chi connectivity index (χ0v) is 15.4. The average molecular weight is 387 g/mol. The van der Waals surface area contributed by atoms with Gasteiger partial charge in [0, 0.05) is 11.0 Å². The van der Waals surface area contributed by atoms with Crippen LogP contribution < -0.4 is 10.6 Å². The van der Waals surface area contributed by atoms with E-state index in [2.05, 4.69) is 33.5 Å². The molecule has 0 aliphatic heterocycles. The quantitative estimate of drug-likeness (QED) is 0.640. The van der Waals surface area contributed by atoms with E-state index in [0.29, 0.717) is 18.5 Å². The Morgan fingerprint density at radius 1 is 1.32 bits per heavy atom. The molecule has 1 aromatic carbocycles. The molecular formula is C16H23BrN2O2S. The summed E-state index contributed by atoms with van der Waals surface area (Å²) in [5, 5.41) is 5.73. The van der Waals surface area contributed by atoms with Crippen molar-refractivity contribution >= 4 is 39.5 Å². The second kappa shape index (κ2) is 10.7. The van der Waals surface area contributed by atoms with Gasteiger partial charge in [0.15, 0.2) is 0 Å². The van der Waals surface area contributed by atoms with Crippen molar-refractivity contribution in [2.75, 3.05) is 18.6 Å². The van der Waals surface area contributed by atoms with Gasteiger partial charge in [-0.05, 0) is 52.9 Å². The fourth-order valence-electron chi connectivity index (χ4n) is 1.90. The van der Waals surface area contributed by atoms with Gasteiger partial charge in [0.05, 0.1) is 5.56 Å². The largest absolute Gasteiger partial charge is 0.354 e. The van der Waals surface area contributed by atoms with Crippen molar-refractivity contribution in [1.29, 1.82) is 0 Å². The molecule has 0 aromatic heterocycles. The molecule has 2 amide bonds. The summed E-state index contributed by atoms with van der Waals surface area (Å²) in [5.74, 6) is 0.481. The van der Waals surface area contributed by atoms with E-state index in [9.17, 15) is 9.59 Å². The number of halogens is 1. The van der Waals surface area contributed by atoms with Gasteiger partial charge in [-0.3, -0.25) is 9.59 Å². The van der Waals surface area contributed by atoms with Crippen LogP contribution in [0.15, 0.2) is 28.7 Å². The third-order valence-electron chi connectivity index (χ3n) is 3.18. The highest BCUT2D eigenvalue weighted by atomic mass is 79.9. The van der Waals surface area contributed by atoms with E-state index in [0.717, 1.165) is 23.1 Å². The number of hydrogen-bond acceptors (Lipinski definition) is 3. The lowest BCUT2D eigenvalue weighted by molar-refractivity contribution is -0.123. The Balaban J connectivity index is 2.69. The third-order valence-corrected chi connectivity index (χ3v) is 4.52. The third kappa shape index (κ3) is 6.40. The first-order chi connectivity index (χ1) is 10.6. The zero-order chi connectivity index (χ0) is 16.4. The Kier molecular flexibility index (Phi) is 9.24. The number of hydrogen-bond donors (Lipinski definition) is 2. The molecule has 1 atom stereocenters. The molecule has 0 spiro atoms. The Morgan fingerprint density at radius 2 is 2.05 bits per heavy atom. The predicted molar refractivity (Wildman–Crippen MR) is 96.3 cm³/mol. The van der Waals surface area contributed by atoms with E-state index in [-0.39, 0.29) is 11.8 Å². The Labute approximate surface area is 144 Å². The summed E-state index contributed by atoms with van der Waals surface area (Å²) in [6, 6.07) is 6.71. The maximum atomic E-state index is 12.3. The van der Waals surface area contributed by atoms with E-state index in [4.69, 9.17) is 0 Å². The van der Waals surface area contributed by atoms with Gasteiger partial charge >= 0.3 is 0 Å². The summed E-state index contributed by atoms with van der Waals surface area (Å²) < 4.78 is 0.725. The highest BCUT2D eigenvalue weighted by molar-refractivity contribution is 9.10. The molecule has 1 aromatic rings. The standard InChI is InChI=1S/C16H23BrN2O2S/c1-3-4-10-18-16(21)14(9-11-22-2)19-15(20)12-7-5-6-8-13(12)17/h5-8,14H,3-4,9-11H2,1-2H3,(H,18,21)(H,19,20). The molecule has 1 rings (SSSR count). The molecule has 0 saturated heterocycles. The fourth-order valence-corrected chi connectivity index (χ4v) is 2.83. The van der Waals surface area contributed by atoms with Crippen molar-refractivity contribution in [2.24, 2.45) is 0 Å². The normalized spacial score (nSPS) is 11.8. The van der Waals surface area contributed by atoms with E-state index in [1.807, 2.05) is 18.4 Å². The minimum atomic E-state index is -0.496. The molecule has 2 N–H and O–H groups in total. The molecule has 122 valence electrons. The maximum Gasteiger partial charge on any atom is 0.253 e. The predicted octanol–water partition coefficient (Wildman–Crippen LogP) is 3.22. The van der Waals surface area contributed by atoms with E-state index in [1.54, 1.807) is 23.9 Å². The topological polar surface area (TPSA) is 58.2 Å². The average Bonchev–Trinajstić information content (AvgIpc) is 2.51. The Hall–Kier alpha value is -1.01. The molecule has 0 saturated carbocycles. The summed E-state index contributed by atoms with van der Waals surface area (Å²) in [7, 11) is 0. The smallest absolute Gasteiger partial charge is 0.253 e. The van der Waals surface area contributed by atoms with Crippen molar-refractivity contribution in [3.8, 4) is 0 Å². The van der Waals surface area contributed by atoms with Crippen LogP contribution in [0, 0.1) is 0 Å². The number of nitrogens with one attached hydrogen (secondary N) is 2. The molecule has 0 bridgehead atoms. The highest BCUT2D eigenvalue weighted by Crippen LogP contribution is 2.16. The summed E-state index contributed by atoms with van der Waals surface area (Å²) in [6.07, 6.45) is 4.58. The number of benzene rings is 1. The molecule has 0 fully saturated rings. The van der Waals surface area contributed by atoms with Crippen LogP contribution in [0.3, 0.4) is 0 Å². The molecule has 6 heteroatoms. The SMILES string of the molecule is CCCCNC(=O)C(CCSC)NC(=O)c1ccccc1Br. The molecular weight excluding hydrogens is 364 g/mol. The second-order valence-corrected chi connectivity index (χ2v) is 6.77. The van der Waals surface area contributed by atoms with Crippen LogP contribution in [-0.2, 0) is 4.79 Å². The van der Waals surface area contributed by atoms with Gasteiger partial charge in [-0.25, -0.2) is 0 Å². The van der Waals surface area contributed by atoms with Gasteiger partial charge in [-0.15, -0.1) is 0 Å². The van der Waals surface area contributed by atoms with Gasteiger partial charge < -0.3 is 10.6 Å². The van der Waals surface area contributed by atoms with Crippen LogP contribution in [0.25, 0.3) is 0 Å². The summed E-state index contributed by atoms with van der Waals surface area (Å²) in [6.45, 7) is 2.72. The number of carbonyl (C=O) groups is 2. The van der Waals surface area contributed by atoms with Crippen LogP contribution in [0.4, 0.5) is 0 Å². The molecule has 0 radical (unpaired) electrons. The number of thioether (sulfide) groups is 1. The van der Waals surface area contributed by atoms with Crippen LogP contribution in [-0.4, -0.2) is 36.4 Å². The molecule has 0 aliphatic rings. The van der Waals surface area contributed by atoms with Gasteiger partial charge in [-0.2, -0.15) is 11.8 Å². The lowest BCUT2D eigenvalue weighted by atomic mass is 10.1. The van der Waals surface area contributed by atoms with Gasteiger partial charge in [0.1, 0.15) is 6.04 Å². The Bertz CT molecular complexity index is 497. The lowest BCUT2D eigenvalue weighted by Gasteiger charge is -2.18. The van der Waals surface area contributed by atoms with E-state index >= 15 is 0 Å². The number of unbranched alkanes of at least 4 members (excludes halogenated alkanes) is 1. The number of rotatable bonds is 9. The molecule has 4 nitrogen and oxygen atoms in total. The maximum absolute atomic E-state index is 12.3. The highest BCUT2D eigenvalue weighted by Gasteiger charge is 2.21. The summed E-state index contributed by atoms with van der Waals surface area (Å²) >= 11 is 5.02. The van der Waals surface area contributed by atoms with Gasteiger partial charge in [-0.1, -0.05) is 25.5 Å². The molecule has 22 heavy (non-hydrogen) atoms. The van der Waals surface area contributed by atoms with E-state index < -0.39 is 6.04 Å². The molecule has 0 heterocycles. The van der Waals surface area contributed by atoms with Crippen molar-refractivity contribution in [3.63, 3.8) is 0 Å². The summed E-state index contributed by atoms with van der Waals surface area (Å²) in [5.41, 5.74) is 0.540. The van der Waals surface area contributed by atoms with E-state index in [1.165, 1.54) is 0 Å². The van der Waals surface area contributed by atoms with Crippen LogP contribution in [0.5, 0.6) is 0 Å². The second-order valence-electron chi connectivity index (χ2n) is 4.93. The van der Waals surface area contributed by atoms with Crippen molar-refractivity contribution in [3.05, 3.63) is 34.3 Å². The van der Waals surface area contributed by atoms with Crippen molar-refractivity contribution in [1.82, 2.24) is 10.6 Å². The minimum Gasteiger partial charge on any atom is -0.354 e. The summed E-state index contributed by atoms with van der Waals surface area (Å²) in [4.78, 5) is 24.6. The van der Waals surface area contributed by atoms with Gasteiger partial charge in [0.25, 0.3) is 5.91 Å². The Morgan fingerprint density at radius 3 is 2.68 bits per heavy atom. The van der Waals surface area contributed by atoms with Gasteiger partial charge in [0.2, 0.25) is 5.91 Å². The lowest BCUT2D eigenvalue weighted by Crippen LogP contribution is -2.47. The van der Waals surface area contributed by atoms with Crippen molar-refractivity contribution < 1.29 is 9.59 Å². The minimum absolute atomic E-state index is 0.108. The monoisotopic (exact) mass is 386 g/mol. The van der Waals surface area contributed by atoms with Crippen LogP contribution in [0.2, 0.25) is 0 Å². The first kappa shape index (κ1) is 19.0. The van der Waals surface area contributed by atoms with Crippen LogP contribution in [0.1, 0.15) is 36.5 Å². The van der Waals surface area contributed by atoms with Crippen molar-refractivity contribution in [2.45, 2.75) is 32.2 Å². The number of carbonyl (C=O) groups excluding carboxylic acids is 2. The molecule has 1 unspecified atom stereocenters. The molecule has 0 aliphatic carbocycles. The number of amides is 2. The first-order valence-corrected chi connectivity index (χ1v) is 9.60. The van der Waals surface area contributed by atoms with Crippen LogP contribution >= 0.6 is 27.7 Å². The zero-order valence-electron chi connectivity index (χ0n) is 13.0.